The zero-order valence-electron chi connectivity index (χ0n) is 13.2. The highest BCUT2D eigenvalue weighted by molar-refractivity contribution is 5.96. The molecule has 0 spiro atoms. The van der Waals surface area contributed by atoms with Gasteiger partial charge in [-0.2, -0.15) is 0 Å². The zero-order valence-corrected chi connectivity index (χ0v) is 14.0. The lowest BCUT2D eigenvalue weighted by Gasteiger charge is -2.32. The number of halogens is 1. The number of benzene rings is 1. The lowest BCUT2D eigenvalue weighted by Crippen LogP contribution is -2.45. The summed E-state index contributed by atoms with van der Waals surface area (Å²) in [5.41, 5.74) is 0.784. The van der Waals surface area contributed by atoms with Crippen molar-refractivity contribution in [3.05, 3.63) is 36.1 Å². The maximum Gasteiger partial charge on any atom is 0.289 e. The molecule has 4 nitrogen and oxygen atoms in total. The van der Waals surface area contributed by atoms with Gasteiger partial charge in [0, 0.05) is 24.5 Å². The average molecular weight is 335 g/mol. The quantitative estimate of drug-likeness (QED) is 0.931. The number of nitrogens with zero attached hydrogens (tertiary/aromatic N) is 1. The van der Waals surface area contributed by atoms with Crippen LogP contribution >= 0.6 is 12.4 Å². The van der Waals surface area contributed by atoms with Gasteiger partial charge in [-0.1, -0.05) is 18.2 Å². The second-order valence-corrected chi connectivity index (χ2v) is 6.57. The smallest absolute Gasteiger partial charge is 0.289 e. The second kappa shape index (κ2) is 6.93. The van der Waals surface area contributed by atoms with Crippen LogP contribution in [0.3, 0.4) is 0 Å². The first-order valence-corrected chi connectivity index (χ1v) is 8.31. The highest BCUT2D eigenvalue weighted by Crippen LogP contribution is 2.28. The standard InChI is InChI=1S/C18H22N2O2.ClH/c21-18(17-11-14-3-1-2-4-16(14)22-17)20-9-7-15(8-10-20)19-12-13-5-6-13;/h1-4,11,13,15,19H,5-10,12H2;1H. The summed E-state index contributed by atoms with van der Waals surface area (Å²) >= 11 is 0. The molecule has 5 heteroatoms. The summed E-state index contributed by atoms with van der Waals surface area (Å²) in [5.74, 6) is 1.40. The van der Waals surface area contributed by atoms with Crippen LogP contribution in [-0.2, 0) is 0 Å². The third-order valence-electron chi connectivity index (χ3n) is 4.81. The minimum Gasteiger partial charge on any atom is -0.451 e. The van der Waals surface area contributed by atoms with Gasteiger partial charge >= 0.3 is 0 Å². The topological polar surface area (TPSA) is 45.5 Å². The number of furan rings is 1. The molecule has 2 aliphatic rings. The molecule has 1 saturated carbocycles. The lowest BCUT2D eigenvalue weighted by atomic mass is 10.0. The second-order valence-electron chi connectivity index (χ2n) is 6.57. The van der Waals surface area contributed by atoms with Crippen LogP contribution in [0, 0.1) is 5.92 Å². The van der Waals surface area contributed by atoms with E-state index >= 15 is 0 Å². The van der Waals surface area contributed by atoms with Crippen molar-refractivity contribution in [1.82, 2.24) is 10.2 Å². The molecule has 124 valence electrons. The van der Waals surface area contributed by atoms with E-state index in [2.05, 4.69) is 5.32 Å². The van der Waals surface area contributed by atoms with E-state index in [0.29, 0.717) is 11.8 Å². The van der Waals surface area contributed by atoms with Crippen molar-refractivity contribution in [2.45, 2.75) is 31.7 Å². The van der Waals surface area contributed by atoms with Crippen molar-refractivity contribution in [3.8, 4) is 0 Å². The molecule has 1 aliphatic carbocycles. The van der Waals surface area contributed by atoms with Crippen molar-refractivity contribution in [3.63, 3.8) is 0 Å². The Morgan fingerprint density at radius 2 is 1.91 bits per heavy atom. The number of fused-ring (bicyclic) bond motifs is 1. The molecule has 23 heavy (non-hydrogen) atoms. The summed E-state index contributed by atoms with van der Waals surface area (Å²) in [7, 11) is 0. The van der Waals surface area contributed by atoms with Crippen LogP contribution in [0.2, 0.25) is 0 Å². The first kappa shape index (κ1) is 16.3. The number of hydrogen-bond donors (Lipinski definition) is 1. The molecule has 1 aliphatic heterocycles. The van der Waals surface area contributed by atoms with Crippen molar-refractivity contribution in [2.75, 3.05) is 19.6 Å². The monoisotopic (exact) mass is 334 g/mol. The summed E-state index contributed by atoms with van der Waals surface area (Å²) in [5, 5.41) is 4.64. The van der Waals surface area contributed by atoms with Gasteiger partial charge < -0.3 is 14.6 Å². The summed E-state index contributed by atoms with van der Waals surface area (Å²) in [6.45, 7) is 2.79. The predicted molar refractivity (Wildman–Crippen MR) is 93.1 cm³/mol. The van der Waals surface area contributed by atoms with Crippen LogP contribution < -0.4 is 5.32 Å². The van der Waals surface area contributed by atoms with Gasteiger partial charge in [-0.15, -0.1) is 12.4 Å². The van der Waals surface area contributed by atoms with E-state index in [1.807, 2.05) is 35.2 Å². The number of piperidine rings is 1. The van der Waals surface area contributed by atoms with Gasteiger partial charge in [-0.3, -0.25) is 4.79 Å². The third-order valence-corrected chi connectivity index (χ3v) is 4.81. The Morgan fingerprint density at radius 3 is 2.61 bits per heavy atom. The van der Waals surface area contributed by atoms with E-state index in [1.54, 1.807) is 0 Å². The predicted octanol–water partition coefficient (Wildman–Crippen LogP) is 3.46. The average Bonchev–Trinajstić information content (AvgIpc) is 3.29. The highest BCUT2D eigenvalue weighted by Gasteiger charge is 2.27. The largest absolute Gasteiger partial charge is 0.451 e. The fourth-order valence-electron chi connectivity index (χ4n) is 3.19. The van der Waals surface area contributed by atoms with Gasteiger partial charge in [0.15, 0.2) is 5.76 Å². The van der Waals surface area contributed by atoms with Crippen LogP contribution in [0.15, 0.2) is 34.7 Å². The molecule has 2 fully saturated rings. The molecule has 0 radical (unpaired) electrons. The van der Waals surface area contributed by atoms with E-state index in [9.17, 15) is 4.79 Å². The minimum absolute atomic E-state index is 0. The number of carbonyl (C=O) groups is 1. The fraction of sp³-hybridized carbons (Fsp3) is 0.500. The molecule has 2 heterocycles. The van der Waals surface area contributed by atoms with Gasteiger partial charge in [-0.25, -0.2) is 0 Å². The summed E-state index contributed by atoms with van der Waals surface area (Å²) in [4.78, 5) is 14.5. The van der Waals surface area contributed by atoms with Gasteiger partial charge in [-0.05, 0) is 50.3 Å². The van der Waals surface area contributed by atoms with Gasteiger partial charge in [0.05, 0.1) is 0 Å². The molecule has 1 aromatic carbocycles. The van der Waals surface area contributed by atoms with Crippen LogP contribution in [0.1, 0.15) is 36.2 Å². The van der Waals surface area contributed by atoms with E-state index in [1.165, 1.54) is 12.8 Å². The molecule has 1 N–H and O–H groups in total. The molecule has 1 amide bonds. The van der Waals surface area contributed by atoms with Crippen molar-refractivity contribution in [1.29, 1.82) is 0 Å². The maximum atomic E-state index is 12.6. The molecule has 0 unspecified atom stereocenters. The number of carbonyl (C=O) groups excluding carboxylic acids is 1. The highest BCUT2D eigenvalue weighted by atomic mass is 35.5. The molecule has 1 saturated heterocycles. The van der Waals surface area contributed by atoms with E-state index in [-0.39, 0.29) is 18.3 Å². The molecule has 0 bridgehead atoms. The number of nitrogens with one attached hydrogen (secondary N) is 1. The normalized spacial score (nSPS) is 18.9. The zero-order chi connectivity index (χ0) is 14.9. The number of para-hydroxylation sites is 1. The summed E-state index contributed by atoms with van der Waals surface area (Å²) in [6, 6.07) is 10.2. The Balaban J connectivity index is 0.00000156. The summed E-state index contributed by atoms with van der Waals surface area (Å²) in [6.07, 6.45) is 4.85. The SMILES string of the molecule is Cl.O=C(c1cc2ccccc2o1)N1CCC(NCC2CC2)CC1. The van der Waals surface area contributed by atoms with Gasteiger partial charge in [0.25, 0.3) is 5.91 Å². The molecular weight excluding hydrogens is 312 g/mol. The van der Waals surface area contributed by atoms with Crippen LogP contribution in [0.4, 0.5) is 0 Å². The Morgan fingerprint density at radius 1 is 1.17 bits per heavy atom. The first-order valence-electron chi connectivity index (χ1n) is 8.31. The van der Waals surface area contributed by atoms with Crippen LogP contribution in [0.5, 0.6) is 0 Å². The van der Waals surface area contributed by atoms with E-state index in [0.717, 1.165) is 49.4 Å². The number of hydrogen-bond acceptors (Lipinski definition) is 3. The Hall–Kier alpha value is -1.52. The van der Waals surface area contributed by atoms with Crippen LogP contribution in [0.25, 0.3) is 11.0 Å². The Kier molecular flexibility index (Phi) is 4.93. The molecule has 0 atom stereocenters. The van der Waals surface area contributed by atoms with Crippen molar-refractivity contribution < 1.29 is 9.21 Å². The molecule has 1 aromatic heterocycles. The first-order chi connectivity index (χ1) is 10.8. The van der Waals surface area contributed by atoms with Crippen molar-refractivity contribution in [2.24, 2.45) is 5.92 Å². The number of rotatable bonds is 4. The Bertz CT molecular complexity index is 639. The Labute approximate surface area is 142 Å². The minimum atomic E-state index is 0. The fourth-order valence-corrected chi connectivity index (χ4v) is 3.19. The molecular formula is C18H23ClN2O2. The van der Waals surface area contributed by atoms with Crippen molar-refractivity contribution >= 4 is 29.3 Å². The molecule has 4 rings (SSSR count). The summed E-state index contributed by atoms with van der Waals surface area (Å²) < 4.78 is 5.69. The number of amides is 1. The lowest BCUT2D eigenvalue weighted by molar-refractivity contribution is 0.0675. The van der Waals surface area contributed by atoms with Crippen LogP contribution in [-0.4, -0.2) is 36.5 Å². The third kappa shape index (κ3) is 3.70. The molecule has 2 aromatic rings. The van der Waals surface area contributed by atoms with E-state index in [4.69, 9.17) is 4.42 Å². The maximum absolute atomic E-state index is 12.6. The van der Waals surface area contributed by atoms with Gasteiger partial charge in [0.1, 0.15) is 5.58 Å². The number of likely N-dealkylation sites (tertiary alicyclic amines) is 1. The van der Waals surface area contributed by atoms with Gasteiger partial charge in [0.2, 0.25) is 0 Å². The van der Waals surface area contributed by atoms with E-state index < -0.39 is 0 Å².